The van der Waals surface area contributed by atoms with Crippen molar-refractivity contribution in [3.05, 3.63) is 65.9 Å². The minimum absolute atomic E-state index is 0.150. The maximum absolute atomic E-state index is 12.7. The number of para-hydroxylation sites is 1. The standard InChI is InChI=1S/C21H21N3O2/c1-14-12-18-20(19(25)13-14)21(22-15-8-10-17(26-2)11-9-15)23-24(18)16-6-4-3-5-7-16/h3-11,14H,12-13H2,1-2H3,(H,22,23)/t14-/m0/s1. The lowest BCUT2D eigenvalue weighted by molar-refractivity contribution is 0.0953. The van der Waals surface area contributed by atoms with Gasteiger partial charge in [-0.25, -0.2) is 4.68 Å². The molecule has 0 unspecified atom stereocenters. The molecule has 0 saturated heterocycles. The minimum atomic E-state index is 0.150. The van der Waals surface area contributed by atoms with Gasteiger partial charge in [0, 0.05) is 12.1 Å². The van der Waals surface area contributed by atoms with Gasteiger partial charge in [0.1, 0.15) is 5.75 Å². The Morgan fingerprint density at radius 3 is 2.50 bits per heavy atom. The Morgan fingerprint density at radius 1 is 1.08 bits per heavy atom. The van der Waals surface area contributed by atoms with Gasteiger partial charge in [-0.2, -0.15) is 0 Å². The van der Waals surface area contributed by atoms with Gasteiger partial charge in [-0.15, -0.1) is 5.10 Å². The molecule has 132 valence electrons. The number of hydrogen-bond acceptors (Lipinski definition) is 4. The van der Waals surface area contributed by atoms with E-state index in [2.05, 4.69) is 12.2 Å². The highest BCUT2D eigenvalue weighted by atomic mass is 16.5. The summed E-state index contributed by atoms with van der Waals surface area (Å²) in [4.78, 5) is 12.7. The maximum Gasteiger partial charge on any atom is 0.168 e. The van der Waals surface area contributed by atoms with E-state index in [1.165, 1.54) is 0 Å². The number of fused-ring (bicyclic) bond motifs is 1. The summed E-state index contributed by atoms with van der Waals surface area (Å²) in [5.41, 5.74) is 3.53. The monoisotopic (exact) mass is 347 g/mol. The number of nitrogens with zero attached hydrogens (tertiary/aromatic N) is 2. The van der Waals surface area contributed by atoms with Crippen LogP contribution in [0.4, 0.5) is 11.5 Å². The third-order valence-electron chi connectivity index (χ3n) is 4.69. The molecule has 1 N–H and O–H groups in total. The molecule has 1 aliphatic rings. The number of Topliss-reactive ketones (excluding diaryl/α,β-unsaturated/α-hetero) is 1. The Kier molecular flexibility index (Phi) is 4.21. The minimum Gasteiger partial charge on any atom is -0.497 e. The number of methoxy groups -OCH3 is 1. The molecule has 2 aromatic carbocycles. The number of carbonyl (C=O) groups excluding carboxylic acids is 1. The fourth-order valence-corrected chi connectivity index (χ4v) is 3.44. The van der Waals surface area contributed by atoms with Crippen molar-refractivity contribution < 1.29 is 9.53 Å². The first-order chi connectivity index (χ1) is 12.7. The predicted molar refractivity (Wildman–Crippen MR) is 102 cm³/mol. The molecule has 0 bridgehead atoms. The zero-order valence-corrected chi connectivity index (χ0v) is 14.9. The Hall–Kier alpha value is -3.08. The van der Waals surface area contributed by atoms with Crippen LogP contribution in [-0.4, -0.2) is 22.7 Å². The highest BCUT2D eigenvalue weighted by Gasteiger charge is 2.31. The number of ketones is 1. The van der Waals surface area contributed by atoms with Crippen LogP contribution in [0.25, 0.3) is 5.69 Å². The SMILES string of the molecule is COc1ccc(Nc2nn(-c3ccccc3)c3c2C(=O)C[C@@H](C)C3)cc1. The smallest absolute Gasteiger partial charge is 0.168 e. The van der Waals surface area contributed by atoms with Crippen molar-refractivity contribution in [3.63, 3.8) is 0 Å². The molecule has 0 radical (unpaired) electrons. The third-order valence-corrected chi connectivity index (χ3v) is 4.69. The average molecular weight is 347 g/mol. The largest absolute Gasteiger partial charge is 0.497 e. The van der Waals surface area contributed by atoms with Crippen molar-refractivity contribution in [1.29, 1.82) is 0 Å². The van der Waals surface area contributed by atoms with Gasteiger partial charge in [0.25, 0.3) is 0 Å². The normalized spacial score (nSPS) is 16.2. The summed E-state index contributed by atoms with van der Waals surface area (Å²) >= 11 is 0. The van der Waals surface area contributed by atoms with Crippen LogP contribution in [0.1, 0.15) is 29.4 Å². The highest BCUT2D eigenvalue weighted by molar-refractivity contribution is 6.03. The van der Waals surface area contributed by atoms with Gasteiger partial charge in [-0.1, -0.05) is 25.1 Å². The molecule has 5 heteroatoms. The molecule has 4 rings (SSSR count). The summed E-state index contributed by atoms with van der Waals surface area (Å²) in [7, 11) is 1.64. The fourth-order valence-electron chi connectivity index (χ4n) is 3.44. The Labute approximate surface area is 152 Å². The second-order valence-electron chi connectivity index (χ2n) is 6.71. The topological polar surface area (TPSA) is 56.1 Å². The van der Waals surface area contributed by atoms with Crippen molar-refractivity contribution in [2.24, 2.45) is 5.92 Å². The van der Waals surface area contributed by atoms with Crippen molar-refractivity contribution in [2.45, 2.75) is 19.8 Å². The molecule has 0 saturated carbocycles. The van der Waals surface area contributed by atoms with Crippen molar-refractivity contribution >= 4 is 17.3 Å². The molecule has 1 aromatic heterocycles. The summed E-state index contributed by atoms with van der Waals surface area (Å²) in [6.45, 7) is 2.11. The summed E-state index contributed by atoms with van der Waals surface area (Å²) < 4.78 is 7.10. The van der Waals surface area contributed by atoms with Gasteiger partial charge in [-0.3, -0.25) is 4.79 Å². The van der Waals surface area contributed by atoms with Crippen LogP contribution in [0.3, 0.4) is 0 Å². The molecule has 1 aliphatic carbocycles. The summed E-state index contributed by atoms with van der Waals surface area (Å²) in [6.07, 6.45) is 1.40. The van der Waals surface area contributed by atoms with E-state index in [1.54, 1.807) is 7.11 Å². The molecule has 0 amide bonds. The Bertz CT molecular complexity index is 930. The van der Waals surface area contributed by atoms with Gasteiger partial charge < -0.3 is 10.1 Å². The molecule has 26 heavy (non-hydrogen) atoms. The van der Waals surface area contributed by atoms with Gasteiger partial charge in [0.2, 0.25) is 0 Å². The fraction of sp³-hybridized carbons (Fsp3) is 0.238. The number of nitrogens with one attached hydrogen (secondary N) is 1. The number of anilines is 2. The summed E-state index contributed by atoms with van der Waals surface area (Å²) in [5, 5.41) is 8.05. The van der Waals surface area contributed by atoms with Crippen LogP contribution in [-0.2, 0) is 6.42 Å². The maximum atomic E-state index is 12.7. The van der Waals surface area contributed by atoms with Crippen LogP contribution in [0, 0.1) is 5.92 Å². The quantitative estimate of drug-likeness (QED) is 0.760. The zero-order valence-electron chi connectivity index (χ0n) is 14.9. The van der Waals surface area contributed by atoms with Crippen LogP contribution < -0.4 is 10.1 Å². The van der Waals surface area contributed by atoms with Crippen molar-refractivity contribution in [3.8, 4) is 11.4 Å². The van der Waals surface area contributed by atoms with Crippen LogP contribution >= 0.6 is 0 Å². The van der Waals surface area contributed by atoms with Crippen LogP contribution in [0.5, 0.6) is 5.75 Å². The van der Waals surface area contributed by atoms with E-state index in [4.69, 9.17) is 9.84 Å². The number of rotatable bonds is 4. The summed E-state index contributed by atoms with van der Waals surface area (Å²) in [5.74, 6) is 1.88. The first kappa shape index (κ1) is 16.4. The van der Waals surface area contributed by atoms with E-state index in [1.807, 2.05) is 59.3 Å². The number of aromatic nitrogens is 2. The molecule has 1 atom stereocenters. The molecular weight excluding hydrogens is 326 g/mol. The average Bonchev–Trinajstić information content (AvgIpc) is 3.01. The Morgan fingerprint density at radius 2 is 1.81 bits per heavy atom. The molecule has 1 heterocycles. The van der Waals surface area contributed by atoms with E-state index in [-0.39, 0.29) is 5.78 Å². The summed E-state index contributed by atoms with van der Waals surface area (Å²) in [6, 6.07) is 17.6. The molecule has 3 aromatic rings. The lowest BCUT2D eigenvalue weighted by atomic mass is 9.87. The van der Waals surface area contributed by atoms with E-state index < -0.39 is 0 Å². The number of ether oxygens (including phenoxy) is 1. The van der Waals surface area contributed by atoms with E-state index in [0.717, 1.165) is 29.2 Å². The second-order valence-corrected chi connectivity index (χ2v) is 6.71. The van der Waals surface area contributed by atoms with E-state index in [0.29, 0.717) is 23.7 Å². The second kappa shape index (κ2) is 6.67. The Balaban J connectivity index is 1.78. The van der Waals surface area contributed by atoms with Crippen molar-refractivity contribution in [2.75, 3.05) is 12.4 Å². The van der Waals surface area contributed by atoms with Gasteiger partial charge in [-0.05, 0) is 48.7 Å². The number of benzene rings is 2. The highest BCUT2D eigenvalue weighted by Crippen LogP contribution is 2.33. The van der Waals surface area contributed by atoms with E-state index >= 15 is 0 Å². The first-order valence-corrected chi connectivity index (χ1v) is 8.77. The molecule has 0 aliphatic heterocycles. The number of carbonyl (C=O) groups is 1. The zero-order chi connectivity index (χ0) is 18.1. The van der Waals surface area contributed by atoms with Crippen LogP contribution in [0.15, 0.2) is 54.6 Å². The first-order valence-electron chi connectivity index (χ1n) is 8.77. The van der Waals surface area contributed by atoms with Gasteiger partial charge in [0.15, 0.2) is 11.6 Å². The molecular formula is C21H21N3O2. The van der Waals surface area contributed by atoms with Gasteiger partial charge >= 0.3 is 0 Å². The predicted octanol–water partition coefficient (Wildman–Crippen LogP) is 4.39. The van der Waals surface area contributed by atoms with E-state index in [9.17, 15) is 4.79 Å². The van der Waals surface area contributed by atoms with Gasteiger partial charge in [0.05, 0.1) is 24.1 Å². The lowest BCUT2D eigenvalue weighted by Gasteiger charge is -2.19. The molecule has 5 nitrogen and oxygen atoms in total. The van der Waals surface area contributed by atoms with Crippen LogP contribution in [0.2, 0.25) is 0 Å². The molecule has 0 spiro atoms. The number of hydrogen-bond donors (Lipinski definition) is 1. The lowest BCUT2D eigenvalue weighted by Crippen LogP contribution is -2.19. The third kappa shape index (κ3) is 2.96. The van der Waals surface area contributed by atoms with Crippen molar-refractivity contribution in [1.82, 2.24) is 9.78 Å². The molecule has 0 fully saturated rings.